The van der Waals surface area contributed by atoms with E-state index in [1.54, 1.807) is 11.1 Å². The van der Waals surface area contributed by atoms with Gasteiger partial charge >= 0.3 is 0 Å². The van der Waals surface area contributed by atoms with Gasteiger partial charge < -0.3 is 4.57 Å². The van der Waals surface area contributed by atoms with Crippen molar-refractivity contribution in [3.05, 3.63) is 133 Å². The molecule has 2 nitrogen and oxygen atoms in total. The van der Waals surface area contributed by atoms with Gasteiger partial charge in [-0.05, 0) is 114 Å². The van der Waals surface area contributed by atoms with Crippen LogP contribution in [0, 0.1) is 11.8 Å². The van der Waals surface area contributed by atoms with Crippen LogP contribution in [0.3, 0.4) is 0 Å². The molecule has 4 aliphatic carbocycles. The molecule has 0 N–H and O–H groups in total. The largest absolute Gasteiger partial charge is 0.309 e. The predicted octanol–water partition coefficient (Wildman–Crippen LogP) is 9.64. The number of nitrogens with zero attached hydrogens (tertiary/aromatic N) is 2. The molecular formula is C39H34N2. The number of benzene rings is 4. The van der Waals surface area contributed by atoms with E-state index in [0.717, 1.165) is 11.8 Å². The molecule has 2 heterocycles. The number of pyridine rings is 1. The Bertz CT molecular complexity index is 1830. The van der Waals surface area contributed by atoms with Crippen molar-refractivity contribution in [2.75, 3.05) is 0 Å². The van der Waals surface area contributed by atoms with E-state index in [9.17, 15) is 0 Å². The molecule has 0 radical (unpaired) electrons. The quantitative estimate of drug-likeness (QED) is 0.222. The summed E-state index contributed by atoms with van der Waals surface area (Å²) in [5.74, 6) is 1.68. The number of aromatic nitrogens is 2. The first-order chi connectivity index (χ1) is 20.2. The van der Waals surface area contributed by atoms with E-state index in [-0.39, 0.29) is 0 Å². The molecular weight excluding hydrogens is 496 g/mol. The summed E-state index contributed by atoms with van der Waals surface area (Å²) in [6.45, 7) is 0. The predicted molar refractivity (Wildman–Crippen MR) is 168 cm³/mol. The lowest BCUT2D eigenvalue weighted by Gasteiger charge is -2.63. The molecule has 41 heavy (non-hydrogen) atoms. The first-order valence-corrected chi connectivity index (χ1v) is 15.3. The molecule has 2 atom stereocenters. The van der Waals surface area contributed by atoms with Crippen molar-refractivity contribution in [2.24, 2.45) is 11.8 Å². The van der Waals surface area contributed by atoms with Gasteiger partial charge in [-0.3, -0.25) is 4.98 Å². The highest BCUT2D eigenvalue weighted by Gasteiger charge is 2.58. The second kappa shape index (κ2) is 8.66. The summed E-state index contributed by atoms with van der Waals surface area (Å²) in [7, 11) is 0. The number of para-hydroxylation sites is 2. The summed E-state index contributed by atoms with van der Waals surface area (Å²) in [5.41, 5.74) is 10.0. The lowest BCUT2D eigenvalue weighted by molar-refractivity contribution is -0.0281. The summed E-state index contributed by atoms with van der Waals surface area (Å²) < 4.78 is 2.44. The van der Waals surface area contributed by atoms with E-state index in [2.05, 4.69) is 113 Å². The maximum atomic E-state index is 4.33. The Morgan fingerprint density at radius 1 is 0.561 bits per heavy atom. The van der Waals surface area contributed by atoms with Crippen LogP contribution >= 0.6 is 0 Å². The molecule has 4 fully saturated rings. The van der Waals surface area contributed by atoms with Gasteiger partial charge in [-0.25, -0.2) is 0 Å². The zero-order chi connectivity index (χ0) is 27.0. The fraction of sp³-hybridized carbons (Fsp3) is 0.256. The van der Waals surface area contributed by atoms with E-state index in [1.165, 1.54) is 77.1 Å². The summed E-state index contributed by atoms with van der Waals surface area (Å²) in [5, 5.41) is 2.65. The van der Waals surface area contributed by atoms with Crippen LogP contribution in [0.2, 0.25) is 0 Å². The Morgan fingerprint density at radius 2 is 1.12 bits per heavy atom. The number of hydrogen-bond acceptors (Lipinski definition) is 1. The molecule has 200 valence electrons. The molecule has 2 unspecified atom stereocenters. The molecule has 4 bridgehead atoms. The minimum atomic E-state index is 0.297. The Labute approximate surface area is 241 Å². The third-order valence-electron chi connectivity index (χ3n) is 10.9. The van der Waals surface area contributed by atoms with Crippen molar-refractivity contribution in [3.8, 4) is 16.8 Å². The molecule has 0 spiro atoms. The van der Waals surface area contributed by atoms with Crippen LogP contribution in [0.1, 0.15) is 49.7 Å². The second-order valence-corrected chi connectivity index (χ2v) is 13.3. The fourth-order valence-corrected chi connectivity index (χ4v) is 9.65. The van der Waals surface area contributed by atoms with Crippen molar-refractivity contribution < 1.29 is 0 Å². The Kier molecular flexibility index (Phi) is 4.97. The maximum Gasteiger partial charge on any atom is 0.0541 e. The monoisotopic (exact) mass is 530 g/mol. The highest BCUT2D eigenvalue weighted by molar-refractivity contribution is 6.09. The van der Waals surface area contributed by atoms with Gasteiger partial charge in [-0.1, -0.05) is 78.9 Å². The molecule has 0 aliphatic heterocycles. The van der Waals surface area contributed by atoms with Gasteiger partial charge in [0.1, 0.15) is 0 Å². The van der Waals surface area contributed by atoms with Gasteiger partial charge in [-0.15, -0.1) is 0 Å². The van der Waals surface area contributed by atoms with Crippen molar-refractivity contribution in [1.29, 1.82) is 0 Å². The smallest absolute Gasteiger partial charge is 0.0541 e. The summed E-state index contributed by atoms with van der Waals surface area (Å²) >= 11 is 0. The van der Waals surface area contributed by atoms with Crippen LogP contribution in [0.4, 0.5) is 0 Å². The van der Waals surface area contributed by atoms with Crippen LogP contribution < -0.4 is 0 Å². The van der Waals surface area contributed by atoms with Crippen molar-refractivity contribution >= 4 is 21.8 Å². The third-order valence-corrected chi connectivity index (χ3v) is 10.9. The van der Waals surface area contributed by atoms with Crippen LogP contribution in [0.5, 0.6) is 0 Å². The first kappa shape index (κ1) is 23.5. The Morgan fingerprint density at radius 3 is 1.68 bits per heavy atom. The zero-order valence-corrected chi connectivity index (χ0v) is 23.3. The molecule has 4 aromatic carbocycles. The Hall–Kier alpha value is -4.17. The van der Waals surface area contributed by atoms with Crippen LogP contribution in [0.15, 0.2) is 122 Å². The van der Waals surface area contributed by atoms with E-state index < -0.39 is 0 Å². The Balaban J connectivity index is 1.09. The maximum absolute atomic E-state index is 4.33. The number of rotatable bonds is 4. The molecule has 6 aromatic rings. The average molecular weight is 531 g/mol. The van der Waals surface area contributed by atoms with E-state index in [0.29, 0.717) is 10.8 Å². The van der Waals surface area contributed by atoms with Crippen LogP contribution in [0.25, 0.3) is 38.6 Å². The van der Waals surface area contributed by atoms with Crippen molar-refractivity contribution in [3.63, 3.8) is 0 Å². The molecule has 0 amide bonds. The highest BCUT2D eigenvalue weighted by atomic mass is 15.0. The molecule has 0 saturated heterocycles. The minimum Gasteiger partial charge on any atom is -0.309 e. The van der Waals surface area contributed by atoms with Crippen LogP contribution in [-0.2, 0) is 10.8 Å². The lowest BCUT2D eigenvalue weighted by Crippen LogP contribution is -2.55. The molecule has 10 rings (SSSR count). The molecule has 4 saturated carbocycles. The van der Waals surface area contributed by atoms with Gasteiger partial charge in [0, 0.05) is 28.9 Å². The van der Waals surface area contributed by atoms with Gasteiger partial charge in [0.05, 0.1) is 11.0 Å². The summed E-state index contributed by atoms with van der Waals surface area (Å²) in [6.07, 6.45) is 12.0. The minimum absolute atomic E-state index is 0.297. The van der Waals surface area contributed by atoms with Gasteiger partial charge in [0.25, 0.3) is 0 Å². The van der Waals surface area contributed by atoms with Gasteiger partial charge in [0.15, 0.2) is 0 Å². The lowest BCUT2D eigenvalue weighted by atomic mass is 9.41. The topological polar surface area (TPSA) is 17.8 Å². The summed E-state index contributed by atoms with van der Waals surface area (Å²) in [4.78, 5) is 4.33. The normalized spacial score (nSPS) is 26.6. The third kappa shape index (κ3) is 3.53. The van der Waals surface area contributed by atoms with Crippen LogP contribution in [-0.4, -0.2) is 9.55 Å². The molecule has 2 heteroatoms. The number of fused-ring (bicyclic) bond motifs is 3. The van der Waals surface area contributed by atoms with Gasteiger partial charge in [-0.2, -0.15) is 0 Å². The standard InChI is InChI=1S/C39H34N2/c1-3-9-36-34(7-1)35-8-2-4-10-37(35)41(36)33-17-15-32(16-18-33)39-23-27-20-28(24-39)22-38(21-27,26-39)31-13-11-29(12-14-31)30-6-5-19-40-25-30/h1-19,25,27-28H,20-24,26H2. The molecule has 4 aliphatic rings. The first-order valence-electron chi connectivity index (χ1n) is 15.3. The summed E-state index contributed by atoms with van der Waals surface area (Å²) in [6, 6.07) is 41.1. The van der Waals surface area contributed by atoms with E-state index in [4.69, 9.17) is 0 Å². The molecule has 2 aromatic heterocycles. The van der Waals surface area contributed by atoms with E-state index >= 15 is 0 Å². The fourth-order valence-electron chi connectivity index (χ4n) is 9.65. The van der Waals surface area contributed by atoms with Crippen molar-refractivity contribution in [2.45, 2.75) is 49.4 Å². The zero-order valence-electron chi connectivity index (χ0n) is 23.3. The van der Waals surface area contributed by atoms with Crippen molar-refractivity contribution in [1.82, 2.24) is 9.55 Å². The van der Waals surface area contributed by atoms with E-state index in [1.807, 2.05) is 18.5 Å². The number of hydrogen-bond donors (Lipinski definition) is 0. The highest BCUT2D eigenvalue weighted by Crippen LogP contribution is 2.66. The SMILES string of the molecule is c1cncc(-c2ccc(C34CC5CC(C3)CC(c3ccc(-n6c7ccccc7c7ccccc76)cc3)(C5)C4)cc2)c1. The average Bonchev–Trinajstić information content (AvgIpc) is 3.36. The second-order valence-electron chi connectivity index (χ2n) is 13.3. The van der Waals surface area contributed by atoms with Gasteiger partial charge in [0.2, 0.25) is 0 Å².